The van der Waals surface area contributed by atoms with Gasteiger partial charge in [-0.15, -0.1) is 0 Å². The standard InChI is InChI=1S/C25H27ClN6O2/c1-16-27-14-22(30(16)2)24(33)17-5-6-21-19(13-17)23(26)20(25(29-21)34-3)15-31-11-7-18(8-12-31)32-10-4-9-28-32/h4-6,9-10,13-14,18H,7-8,11-12,15H2,1-3H3. The molecule has 0 saturated carbocycles. The van der Waals surface area contributed by atoms with Crippen LogP contribution in [0.1, 0.15) is 46.3 Å². The molecule has 1 saturated heterocycles. The Kier molecular flexibility index (Phi) is 6.10. The van der Waals surface area contributed by atoms with E-state index in [0.29, 0.717) is 40.3 Å². The summed E-state index contributed by atoms with van der Waals surface area (Å²) in [6, 6.07) is 7.80. The number of rotatable bonds is 6. The number of ether oxygens (including phenoxy) is 1. The quantitative estimate of drug-likeness (QED) is 0.386. The van der Waals surface area contributed by atoms with Crippen molar-refractivity contribution in [1.82, 2.24) is 29.2 Å². The third-order valence-electron chi connectivity index (χ3n) is 6.72. The van der Waals surface area contributed by atoms with Gasteiger partial charge in [-0.1, -0.05) is 11.6 Å². The maximum Gasteiger partial charge on any atom is 0.219 e. The van der Waals surface area contributed by atoms with Crippen LogP contribution >= 0.6 is 11.6 Å². The molecule has 34 heavy (non-hydrogen) atoms. The SMILES string of the molecule is COc1nc2ccc(C(=O)c3cnc(C)n3C)cc2c(Cl)c1CN1CCC(n2cccn2)CC1. The van der Waals surface area contributed by atoms with Crippen molar-refractivity contribution in [2.45, 2.75) is 32.4 Å². The summed E-state index contributed by atoms with van der Waals surface area (Å²) < 4.78 is 9.44. The zero-order valence-corrected chi connectivity index (χ0v) is 20.3. The van der Waals surface area contributed by atoms with Crippen molar-refractivity contribution in [3.63, 3.8) is 0 Å². The topological polar surface area (TPSA) is 78.1 Å². The summed E-state index contributed by atoms with van der Waals surface area (Å²) in [4.78, 5) is 24.4. The summed E-state index contributed by atoms with van der Waals surface area (Å²) in [6.07, 6.45) is 7.50. The summed E-state index contributed by atoms with van der Waals surface area (Å²) in [5.74, 6) is 1.21. The first-order valence-electron chi connectivity index (χ1n) is 11.4. The lowest BCUT2D eigenvalue weighted by atomic mass is 10.0. The molecule has 0 amide bonds. The third kappa shape index (κ3) is 4.08. The van der Waals surface area contributed by atoms with Gasteiger partial charge in [0, 0.05) is 55.6 Å². The smallest absolute Gasteiger partial charge is 0.219 e. The summed E-state index contributed by atoms with van der Waals surface area (Å²) in [5.41, 5.74) is 2.63. The van der Waals surface area contributed by atoms with Crippen molar-refractivity contribution in [2.24, 2.45) is 7.05 Å². The fraction of sp³-hybridized carbons (Fsp3) is 0.360. The van der Waals surface area contributed by atoms with Crippen molar-refractivity contribution < 1.29 is 9.53 Å². The lowest BCUT2D eigenvalue weighted by molar-refractivity contribution is 0.103. The fourth-order valence-corrected chi connectivity index (χ4v) is 4.90. The fourth-order valence-electron chi connectivity index (χ4n) is 4.61. The minimum atomic E-state index is -0.0980. The van der Waals surface area contributed by atoms with Crippen LogP contribution in [-0.4, -0.2) is 55.2 Å². The van der Waals surface area contributed by atoms with Crippen molar-refractivity contribution in [1.29, 1.82) is 0 Å². The Morgan fingerprint density at radius 2 is 2.06 bits per heavy atom. The van der Waals surface area contributed by atoms with Gasteiger partial charge in [-0.3, -0.25) is 14.4 Å². The van der Waals surface area contributed by atoms with Gasteiger partial charge >= 0.3 is 0 Å². The molecule has 0 radical (unpaired) electrons. The van der Waals surface area contributed by atoms with Crippen LogP contribution in [0.3, 0.4) is 0 Å². The number of methoxy groups -OCH3 is 1. The molecule has 3 aromatic heterocycles. The van der Waals surface area contributed by atoms with E-state index < -0.39 is 0 Å². The molecular weight excluding hydrogens is 452 g/mol. The van der Waals surface area contributed by atoms with Gasteiger partial charge in [0.15, 0.2) is 0 Å². The Morgan fingerprint density at radius 1 is 1.26 bits per heavy atom. The van der Waals surface area contributed by atoms with Gasteiger partial charge < -0.3 is 9.30 Å². The zero-order chi connectivity index (χ0) is 23.8. The van der Waals surface area contributed by atoms with E-state index in [2.05, 4.69) is 15.0 Å². The second-order valence-electron chi connectivity index (χ2n) is 8.72. The number of carbonyl (C=O) groups excluding carboxylic acids is 1. The Hall–Kier alpha value is -3.23. The molecule has 1 aliphatic rings. The lowest BCUT2D eigenvalue weighted by Gasteiger charge is -2.32. The summed E-state index contributed by atoms with van der Waals surface area (Å²) in [6.45, 7) is 4.37. The van der Waals surface area contributed by atoms with Crippen molar-refractivity contribution in [2.75, 3.05) is 20.2 Å². The molecule has 0 aliphatic carbocycles. The first-order valence-corrected chi connectivity index (χ1v) is 11.7. The van der Waals surface area contributed by atoms with Crippen molar-refractivity contribution in [3.05, 3.63) is 70.5 Å². The normalized spacial score (nSPS) is 15.2. The van der Waals surface area contributed by atoms with Crippen molar-refractivity contribution >= 4 is 28.3 Å². The van der Waals surface area contributed by atoms with Gasteiger partial charge in [-0.05, 0) is 44.0 Å². The monoisotopic (exact) mass is 478 g/mol. The molecule has 1 fully saturated rings. The molecule has 4 heterocycles. The highest BCUT2D eigenvalue weighted by Crippen LogP contribution is 2.35. The Labute approximate surface area is 203 Å². The molecule has 5 rings (SSSR count). The number of hydrogen-bond donors (Lipinski definition) is 0. The number of fused-ring (bicyclic) bond motifs is 1. The molecular formula is C25H27ClN6O2. The van der Waals surface area contributed by atoms with Crippen LogP contribution in [0.5, 0.6) is 5.88 Å². The van der Waals surface area contributed by atoms with Gasteiger partial charge in [0.05, 0.1) is 29.9 Å². The van der Waals surface area contributed by atoms with E-state index in [-0.39, 0.29) is 5.78 Å². The zero-order valence-electron chi connectivity index (χ0n) is 19.5. The number of aryl methyl sites for hydroxylation is 1. The van der Waals surface area contributed by atoms with Crippen LogP contribution in [-0.2, 0) is 13.6 Å². The number of pyridine rings is 1. The van der Waals surface area contributed by atoms with E-state index >= 15 is 0 Å². The molecule has 0 bridgehead atoms. The van der Waals surface area contributed by atoms with Gasteiger partial charge in [0.2, 0.25) is 11.7 Å². The Bertz CT molecular complexity index is 1340. The maximum absolute atomic E-state index is 13.1. The van der Waals surface area contributed by atoms with Crippen LogP contribution in [0.2, 0.25) is 5.02 Å². The summed E-state index contributed by atoms with van der Waals surface area (Å²) >= 11 is 6.92. The second kappa shape index (κ2) is 9.19. The largest absolute Gasteiger partial charge is 0.481 e. The highest BCUT2D eigenvalue weighted by molar-refractivity contribution is 6.36. The van der Waals surface area contributed by atoms with Gasteiger partial charge in [-0.2, -0.15) is 5.10 Å². The lowest BCUT2D eigenvalue weighted by Crippen LogP contribution is -2.34. The van der Waals surface area contributed by atoms with Crippen LogP contribution in [0.4, 0.5) is 0 Å². The van der Waals surface area contributed by atoms with Gasteiger partial charge in [0.1, 0.15) is 11.5 Å². The molecule has 0 spiro atoms. The number of nitrogens with zero attached hydrogens (tertiary/aromatic N) is 6. The van der Waals surface area contributed by atoms with Gasteiger partial charge in [0.25, 0.3) is 0 Å². The van der Waals surface area contributed by atoms with E-state index in [4.69, 9.17) is 21.3 Å². The summed E-state index contributed by atoms with van der Waals surface area (Å²) in [5, 5.41) is 5.71. The predicted octanol–water partition coefficient (Wildman–Crippen LogP) is 4.20. The molecule has 0 atom stereocenters. The van der Waals surface area contributed by atoms with E-state index in [1.54, 1.807) is 23.9 Å². The Morgan fingerprint density at radius 3 is 2.71 bits per heavy atom. The van der Waals surface area contributed by atoms with Crippen LogP contribution in [0.15, 0.2) is 42.9 Å². The number of halogens is 1. The van der Waals surface area contributed by atoms with Crippen molar-refractivity contribution in [3.8, 4) is 5.88 Å². The highest BCUT2D eigenvalue weighted by atomic mass is 35.5. The van der Waals surface area contributed by atoms with Crippen LogP contribution < -0.4 is 4.74 Å². The third-order valence-corrected chi connectivity index (χ3v) is 7.16. The minimum Gasteiger partial charge on any atom is -0.481 e. The molecule has 0 unspecified atom stereocenters. The van der Waals surface area contributed by atoms with E-state index in [9.17, 15) is 4.79 Å². The summed E-state index contributed by atoms with van der Waals surface area (Å²) in [7, 11) is 3.45. The first kappa shape index (κ1) is 22.6. The number of benzene rings is 1. The number of imidazole rings is 1. The molecule has 1 aromatic carbocycles. The molecule has 9 heteroatoms. The van der Waals surface area contributed by atoms with Crippen LogP contribution in [0.25, 0.3) is 10.9 Å². The number of ketones is 1. The van der Waals surface area contributed by atoms with E-state index in [1.165, 1.54) is 0 Å². The molecule has 0 N–H and O–H groups in total. The number of piperidine rings is 1. The van der Waals surface area contributed by atoms with Gasteiger partial charge in [-0.25, -0.2) is 9.97 Å². The second-order valence-corrected chi connectivity index (χ2v) is 9.10. The van der Waals surface area contributed by atoms with E-state index in [0.717, 1.165) is 42.7 Å². The highest BCUT2D eigenvalue weighted by Gasteiger charge is 2.24. The van der Waals surface area contributed by atoms with Crippen LogP contribution in [0, 0.1) is 6.92 Å². The van der Waals surface area contributed by atoms with E-state index in [1.807, 2.05) is 49.2 Å². The minimum absolute atomic E-state index is 0.0980. The first-order chi connectivity index (χ1) is 16.5. The predicted molar refractivity (Wildman–Crippen MR) is 130 cm³/mol. The number of likely N-dealkylation sites (tertiary alicyclic amines) is 1. The molecule has 1 aliphatic heterocycles. The molecule has 4 aromatic rings. The number of hydrogen-bond acceptors (Lipinski definition) is 6. The number of aromatic nitrogens is 5. The Balaban J connectivity index is 1.43. The maximum atomic E-state index is 13.1. The molecule has 8 nitrogen and oxygen atoms in total. The molecule has 176 valence electrons. The average molecular weight is 479 g/mol. The number of carbonyl (C=O) groups is 1. The average Bonchev–Trinajstić information content (AvgIpc) is 3.51.